The van der Waals surface area contributed by atoms with Gasteiger partial charge in [0, 0.05) is 18.9 Å². The molecule has 0 aromatic heterocycles. The van der Waals surface area contributed by atoms with Crippen molar-refractivity contribution >= 4 is 19.0 Å². The highest BCUT2D eigenvalue weighted by Gasteiger charge is 2.48. The summed E-state index contributed by atoms with van der Waals surface area (Å²) in [5.74, 6) is -2.89. The van der Waals surface area contributed by atoms with Crippen molar-refractivity contribution in [1.29, 1.82) is 0 Å². The molecule has 6 N–H and O–H groups in total. The monoisotopic (exact) mass is 410 g/mol. The molecule has 2 atom stereocenters. The van der Waals surface area contributed by atoms with E-state index in [2.05, 4.69) is 5.48 Å². The summed E-state index contributed by atoms with van der Waals surface area (Å²) in [7, 11) is -1.52. The van der Waals surface area contributed by atoms with E-state index in [1.165, 1.54) is 12.1 Å². The second kappa shape index (κ2) is 8.97. The summed E-state index contributed by atoms with van der Waals surface area (Å²) in [5, 5.41) is 46.9. The number of aliphatic hydroxyl groups is 1. The number of aromatic hydroxyl groups is 1. The number of phenols is 1. The number of rotatable bonds is 10. The van der Waals surface area contributed by atoms with Crippen molar-refractivity contribution in [2.24, 2.45) is 0 Å². The highest BCUT2D eigenvalue weighted by Crippen LogP contribution is 2.56. The van der Waals surface area contributed by atoms with Crippen LogP contribution in [0.25, 0.3) is 0 Å². The zero-order valence-electron chi connectivity index (χ0n) is 15.5. The van der Waals surface area contributed by atoms with Crippen LogP contribution in [-0.4, -0.2) is 88.2 Å². The van der Waals surface area contributed by atoms with E-state index in [1.807, 2.05) is 0 Å². The minimum atomic E-state index is -1.52. The normalized spacial score (nSPS) is 21.3. The van der Waals surface area contributed by atoms with Gasteiger partial charge in [0.2, 0.25) is 0 Å². The van der Waals surface area contributed by atoms with Gasteiger partial charge in [0.25, 0.3) is 5.91 Å². The minimum absolute atomic E-state index is 0.00615. The molecule has 1 saturated carbocycles. The van der Waals surface area contributed by atoms with Crippen LogP contribution in [0.4, 0.5) is 0 Å². The summed E-state index contributed by atoms with van der Waals surface area (Å²) in [4.78, 5) is 29.7. The summed E-state index contributed by atoms with van der Waals surface area (Å²) < 4.78 is 5.69. The van der Waals surface area contributed by atoms with Crippen molar-refractivity contribution in [1.82, 2.24) is 10.4 Å². The Kier molecular flexibility index (Phi) is 6.60. The van der Waals surface area contributed by atoms with Gasteiger partial charge in [0.05, 0.1) is 19.8 Å². The topological polar surface area (TPSA) is 169 Å². The zero-order chi connectivity index (χ0) is 21.1. The third kappa shape index (κ3) is 4.97. The molecule has 1 saturated heterocycles. The maximum absolute atomic E-state index is 11.6. The largest absolute Gasteiger partial charge is 0.507 e. The van der Waals surface area contributed by atoms with E-state index in [0.29, 0.717) is 25.1 Å². The van der Waals surface area contributed by atoms with E-state index in [0.717, 1.165) is 0 Å². The van der Waals surface area contributed by atoms with E-state index < -0.39 is 24.7 Å². The van der Waals surface area contributed by atoms with Crippen molar-refractivity contribution in [3.8, 4) is 11.5 Å². The molecular formula is C17H23BN2O9. The first kappa shape index (κ1) is 21.3. The number of hydrogen-bond donors (Lipinski definition) is 6. The SMILES string of the molecule is O=C(CN1CC(Oc2ccc(C3CC3B(O)O)c(O)c2C(=O)O)C1)NOCCO. The Morgan fingerprint density at radius 1 is 1.28 bits per heavy atom. The first-order valence-electron chi connectivity index (χ1n) is 9.17. The molecule has 0 bridgehead atoms. The van der Waals surface area contributed by atoms with Crippen molar-refractivity contribution in [2.45, 2.75) is 24.3 Å². The zero-order valence-corrected chi connectivity index (χ0v) is 15.5. The van der Waals surface area contributed by atoms with Gasteiger partial charge in [-0.2, -0.15) is 0 Å². The minimum Gasteiger partial charge on any atom is -0.507 e. The Hall–Kier alpha value is -2.38. The number of nitrogens with one attached hydrogen (secondary N) is 1. The highest BCUT2D eigenvalue weighted by atomic mass is 16.7. The number of amides is 1. The fourth-order valence-corrected chi connectivity index (χ4v) is 3.41. The summed E-state index contributed by atoms with van der Waals surface area (Å²) in [6.07, 6.45) is 0.101. The summed E-state index contributed by atoms with van der Waals surface area (Å²) in [6, 6.07) is 2.99. The van der Waals surface area contributed by atoms with Crippen LogP contribution >= 0.6 is 0 Å². The molecular weight excluding hydrogens is 387 g/mol. The third-order valence-corrected chi connectivity index (χ3v) is 4.97. The van der Waals surface area contributed by atoms with Crippen LogP contribution < -0.4 is 10.2 Å². The van der Waals surface area contributed by atoms with Gasteiger partial charge in [-0.05, 0) is 24.0 Å². The molecule has 2 unspecified atom stereocenters. The molecule has 3 rings (SSSR count). The quantitative estimate of drug-likeness (QED) is 0.152. The first-order chi connectivity index (χ1) is 13.8. The summed E-state index contributed by atoms with van der Waals surface area (Å²) in [5.41, 5.74) is 2.17. The number of hydroxylamine groups is 1. The Balaban J connectivity index is 1.57. The van der Waals surface area contributed by atoms with Gasteiger partial charge < -0.3 is 30.1 Å². The van der Waals surface area contributed by atoms with Crippen LogP contribution in [0.15, 0.2) is 12.1 Å². The number of carboxylic acid groups (broad SMARTS) is 1. The second-order valence-corrected chi connectivity index (χ2v) is 7.13. The molecule has 0 spiro atoms. The average molecular weight is 410 g/mol. The Morgan fingerprint density at radius 3 is 2.59 bits per heavy atom. The standard InChI is InChI=1S/C17H23BN2O9/c21-3-4-28-19-14(22)8-20-6-9(7-20)29-13-2-1-10(11-5-12(11)18(26)27)16(23)15(13)17(24)25/h1-2,9,11-12,21,23,26-27H,3-8H2,(H,19,22)(H,24,25). The Labute approximate surface area is 166 Å². The van der Waals surface area contributed by atoms with Crippen LogP contribution in [0.5, 0.6) is 11.5 Å². The van der Waals surface area contributed by atoms with Crippen molar-refractivity contribution in [3.63, 3.8) is 0 Å². The number of hydrogen-bond acceptors (Lipinski definition) is 9. The lowest BCUT2D eigenvalue weighted by Crippen LogP contribution is -2.56. The third-order valence-electron chi connectivity index (χ3n) is 4.97. The smallest absolute Gasteiger partial charge is 0.455 e. The molecule has 1 aromatic rings. The predicted molar refractivity (Wildman–Crippen MR) is 98.4 cm³/mol. The molecule has 2 aliphatic rings. The van der Waals surface area contributed by atoms with Crippen LogP contribution in [0.2, 0.25) is 5.82 Å². The number of nitrogens with zero attached hydrogens (tertiary/aromatic N) is 1. The average Bonchev–Trinajstić information content (AvgIpc) is 3.40. The van der Waals surface area contributed by atoms with Crippen LogP contribution in [0.3, 0.4) is 0 Å². The van der Waals surface area contributed by atoms with Crippen LogP contribution in [0.1, 0.15) is 28.3 Å². The molecule has 1 aliphatic carbocycles. The number of likely N-dealkylation sites (tertiary alicyclic amines) is 1. The maximum atomic E-state index is 11.6. The fourth-order valence-electron chi connectivity index (χ4n) is 3.41. The molecule has 158 valence electrons. The fraction of sp³-hybridized carbons (Fsp3) is 0.529. The molecule has 0 radical (unpaired) electrons. The summed E-state index contributed by atoms with van der Waals surface area (Å²) in [6.45, 7) is 0.619. The molecule has 1 amide bonds. The molecule has 12 heteroatoms. The van der Waals surface area contributed by atoms with Crippen molar-refractivity contribution in [2.75, 3.05) is 32.8 Å². The summed E-state index contributed by atoms with van der Waals surface area (Å²) >= 11 is 0. The van der Waals surface area contributed by atoms with Crippen LogP contribution in [-0.2, 0) is 9.63 Å². The highest BCUT2D eigenvalue weighted by molar-refractivity contribution is 6.44. The molecule has 1 aromatic carbocycles. The number of aliphatic hydroxyl groups excluding tert-OH is 1. The van der Waals surface area contributed by atoms with E-state index >= 15 is 0 Å². The predicted octanol–water partition coefficient (Wildman–Crippen LogP) is -1.48. The Morgan fingerprint density at radius 2 is 2.00 bits per heavy atom. The van der Waals surface area contributed by atoms with Crippen LogP contribution in [0, 0.1) is 0 Å². The Bertz CT molecular complexity index is 770. The number of benzene rings is 1. The van der Waals surface area contributed by atoms with E-state index in [9.17, 15) is 29.9 Å². The van der Waals surface area contributed by atoms with Gasteiger partial charge in [-0.3, -0.25) is 14.5 Å². The molecule has 1 aliphatic heterocycles. The molecule has 11 nitrogen and oxygen atoms in total. The van der Waals surface area contributed by atoms with Gasteiger partial charge in [-0.1, -0.05) is 6.07 Å². The number of aromatic carboxylic acids is 1. The number of ether oxygens (including phenoxy) is 1. The second-order valence-electron chi connectivity index (χ2n) is 7.13. The van der Waals surface area contributed by atoms with Gasteiger partial charge in [-0.15, -0.1) is 0 Å². The van der Waals surface area contributed by atoms with Crippen molar-refractivity contribution < 1.29 is 44.5 Å². The van der Waals surface area contributed by atoms with Gasteiger partial charge in [0.1, 0.15) is 23.2 Å². The number of carbonyl (C=O) groups is 2. The molecule has 29 heavy (non-hydrogen) atoms. The number of carboxylic acids is 1. The van der Waals surface area contributed by atoms with Gasteiger partial charge in [0.15, 0.2) is 0 Å². The lowest BCUT2D eigenvalue weighted by molar-refractivity contribution is -0.137. The van der Waals surface area contributed by atoms with Gasteiger partial charge >= 0.3 is 13.1 Å². The molecule has 1 heterocycles. The van der Waals surface area contributed by atoms with Gasteiger partial charge in [-0.25, -0.2) is 10.3 Å². The first-order valence-corrected chi connectivity index (χ1v) is 9.17. The van der Waals surface area contributed by atoms with E-state index in [4.69, 9.17) is 14.7 Å². The maximum Gasteiger partial charge on any atom is 0.455 e. The van der Waals surface area contributed by atoms with E-state index in [-0.39, 0.29) is 49.0 Å². The molecule has 2 fully saturated rings. The lowest BCUT2D eigenvalue weighted by Gasteiger charge is -2.38. The van der Waals surface area contributed by atoms with E-state index in [1.54, 1.807) is 4.90 Å². The number of carbonyl (C=O) groups excluding carboxylic acids is 1. The lowest BCUT2D eigenvalue weighted by atomic mass is 9.81. The van der Waals surface area contributed by atoms with Crippen molar-refractivity contribution in [3.05, 3.63) is 23.3 Å².